The molecule has 0 radical (unpaired) electrons. The van der Waals surface area contributed by atoms with E-state index in [1.165, 1.54) is 6.42 Å². The predicted octanol–water partition coefficient (Wildman–Crippen LogP) is -4.75. The van der Waals surface area contributed by atoms with Crippen LogP contribution in [0.4, 0.5) is 0 Å². The number of hydrogen-bond acceptors (Lipinski definition) is 0. The van der Waals surface area contributed by atoms with E-state index in [1.54, 1.807) is 0 Å². The molecule has 0 aliphatic heterocycles. The van der Waals surface area contributed by atoms with Gasteiger partial charge in [0.25, 0.3) is 0 Å². The van der Waals surface area contributed by atoms with Crippen molar-refractivity contribution < 1.29 is 41.9 Å². The molecule has 0 saturated carbocycles. The fraction of sp³-hybridized carbons (Fsp3) is 0.750. The Morgan fingerprint density at radius 2 is 1.38 bits per heavy atom. The van der Waals surface area contributed by atoms with Gasteiger partial charge in [0, 0.05) is 0 Å². The van der Waals surface area contributed by atoms with Crippen LogP contribution in [-0.2, 0) is 17.1 Å². The van der Waals surface area contributed by atoms with Gasteiger partial charge in [-0.05, 0) is 0 Å². The van der Waals surface area contributed by atoms with E-state index >= 15 is 0 Å². The van der Waals surface area contributed by atoms with E-state index in [4.69, 9.17) is 0 Å². The molecule has 0 aromatic heterocycles. The van der Waals surface area contributed by atoms with Gasteiger partial charge >= 0.3 is 40.1 Å². The summed E-state index contributed by atoms with van der Waals surface area (Å²) in [4.78, 5) is 0. The normalized spacial score (nSPS) is 3.75. The Labute approximate surface area is 91.0 Å². The Morgan fingerprint density at radius 1 is 1.25 bits per heavy atom. The second kappa shape index (κ2) is 36.7. The Balaban J connectivity index is -0.00000000750. The molecule has 0 N–H and O–H groups in total. The molecule has 0 aromatic rings. The molecular formula is C4H9Cl2CuMg. The van der Waals surface area contributed by atoms with E-state index in [-0.39, 0.29) is 64.9 Å². The largest absolute Gasteiger partial charge is 2.00 e. The summed E-state index contributed by atoms with van der Waals surface area (Å²) in [7, 11) is 0. The van der Waals surface area contributed by atoms with E-state index < -0.39 is 0 Å². The second-order valence-corrected chi connectivity index (χ2v) is 0.854. The van der Waals surface area contributed by atoms with Gasteiger partial charge in [0.05, 0.1) is 0 Å². The van der Waals surface area contributed by atoms with Crippen molar-refractivity contribution in [3.05, 3.63) is 6.92 Å². The van der Waals surface area contributed by atoms with Gasteiger partial charge in [-0.25, -0.2) is 0 Å². The van der Waals surface area contributed by atoms with Gasteiger partial charge in [-0.2, -0.15) is 6.42 Å². The fourth-order valence-electron chi connectivity index (χ4n) is 0. The molecule has 0 bridgehead atoms. The Kier molecular flexibility index (Phi) is 150. The van der Waals surface area contributed by atoms with Gasteiger partial charge in [-0.1, -0.05) is 13.3 Å². The average Bonchev–Trinajstić information content (AvgIpc) is 1.37. The van der Waals surface area contributed by atoms with Crippen molar-refractivity contribution in [1.82, 2.24) is 0 Å². The minimum atomic E-state index is 0. The van der Waals surface area contributed by atoms with E-state index in [2.05, 4.69) is 13.8 Å². The third-order valence-electron chi connectivity index (χ3n) is 0.354. The molecule has 0 saturated heterocycles. The van der Waals surface area contributed by atoms with E-state index in [0.29, 0.717) is 0 Å². The summed E-state index contributed by atoms with van der Waals surface area (Å²) in [6.07, 6.45) is 2.28. The van der Waals surface area contributed by atoms with Crippen molar-refractivity contribution in [2.24, 2.45) is 0 Å². The molecule has 52 valence electrons. The molecule has 0 spiro atoms. The smallest absolute Gasteiger partial charge is 1.00 e. The first-order valence-corrected chi connectivity index (χ1v) is 1.71. The summed E-state index contributed by atoms with van der Waals surface area (Å²) >= 11 is 0. The molecule has 0 unspecified atom stereocenters. The SMILES string of the molecule is [CH2-]CCC.[Cl-].[Cl-].[Cu+].[Mg+2]. The standard InChI is InChI=1S/C4H9.2ClH.Cu.Mg/c1-3-4-2;;;;/h1,3-4H2,2H3;2*1H;;/q-1;;;+1;+2/p-2. The van der Waals surface area contributed by atoms with Gasteiger partial charge in [0.1, 0.15) is 0 Å². The van der Waals surface area contributed by atoms with Crippen molar-refractivity contribution >= 4 is 23.1 Å². The summed E-state index contributed by atoms with van der Waals surface area (Å²) in [5.41, 5.74) is 0. The minimum Gasteiger partial charge on any atom is -1.00 e. The minimum absolute atomic E-state index is 0. The van der Waals surface area contributed by atoms with Crippen LogP contribution in [0, 0.1) is 6.92 Å². The van der Waals surface area contributed by atoms with E-state index in [1.807, 2.05) is 0 Å². The van der Waals surface area contributed by atoms with Crippen LogP contribution in [0.3, 0.4) is 0 Å². The van der Waals surface area contributed by atoms with Crippen LogP contribution in [0.5, 0.6) is 0 Å². The molecule has 8 heavy (non-hydrogen) atoms. The van der Waals surface area contributed by atoms with Crippen LogP contribution in [0.15, 0.2) is 0 Å². The summed E-state index contributed by atoms with van der Waals surface area (Å²) in [5, 5.41) is 0. The van der Waals surface area contributed by atoms with Gasteiger partial charge in [-0.15, -0.1) is 0 Å². The second-order valence-electron chi connectivity index (χ2n) is 0.854. The fourth-order valence-corrected chi connectivity index (χ4v) is 0. The van der Waals surface area contributed by atoms with Gasteiger partial charge < -0.3 is 31.7 Å². The zero-order valence-electron chi connectivity index (χ0n) is 4.89. The van der Waals surface area contributed by atoms with Crippen LogP contribution in [-0.4, -0.2) is 23.1 Å². The molecular weight excluding hydrogens is 207 g/mol. The molecule has 0 aromatic carbocycles. The monoisotopic (exact) mass is 214 g/mol. The Hall–Kier alpha value is 1.87. The molecule has 0 atom stereocenters. The number of unbranched alkanes of at least 4 members (excludes halogenated alkanes) is 1. The molecule has 0 heterocycles. The van der Waals surface area contributed by atoms with Crippen LogP contribution < -0.4 is 24.8 Å². The third-order valence-corrected chi connectivity index (χ3v) is 0.354. The van der Waals surface area contributed by atoms with Crippen LogP contribution in [0.1, 0.15) is 19.8 Å². The molecule has 0 rings (SSSR count). The first kappa shape index (κ1) is 32.8. The first-order valence-electron chi connectivity index (χ1n) is 1.71. The van der Waals surface area contributed by atoms with Crippen molar-refractivity contribution in [1.29, 1.82) is 0 Å². The molecule has 0 amide bonds. The zero-order chi connectivity index (χ0) is 3.41. The maximum Gasteiger partial charge on any atom is 2.00 e. The topological polar surface area (TPSA) is 0 Å². The number of rotatable bonds is 1. The molecule has 0 fully saturated rings. The zero-order valence-corrected chi connectivity index (χ0v) is 8.75. The number of halogens is 2. The molecule has 0 aliphatic rings. The molecule has 4 heteroatoms. The van der Waals surface area contributed by atoms with Crippen molar-refractivity contribution in [2.45, 2.75) is 19.8 Å². The van der Waals surface area contributed by atoms with Crippen molar-refractivity contribution in [2.75, 3.05) is 0 Å². The predicted molar refractivity (Wildman–Crippen MR) is 26.0 cm³/mol. The van der Waals surface area contributed by atoms with Crippen LogP contribution in [0.25, 0.3) is 0 Å². The summed E-state index contributed by atoms with van der Waals surface area (Å²) in [6.45, 7) is 5.72. The Bertz CT molecular complexity index is 16.0. The van der Waals surface area contributed by atoms with Crippen LogP contribution in [0.2, 0.25) is 0 Å². The van der Waals surface area contributed by atoms with Gasteiger partial charge in [0.15, 0.2) is 0 Å². The van der Waals surface area contributed by atoms with Crippen molar-refractivity contribution in [3.8, 4) is 0 Å². The van der Waals surface area contributed by atoms with E-state index in [9.17, 15) is 0 Å². The van der Waals surface area contributed by atoms with Crippen LogP contribution >= 0.6 is 0 Å². The summed E-state index contributed by atoms with van der Waals surface area (Å²) in [5.74, 6) is 0. The first-order chi connectivity index (χ1) is 1.91. The maximum atomic E-state index is 3.60. The van der Waals surface area contributed by atoms with Gasteiger partial charge in [0.2, 0.25) is 0 Å². The summed E-state index contributed by atoms with van der Waals surface area (Å²) in [6, 6.07) is 0. The molecule has 0 aliphatic carbocycles. The van der Waals surface area contributed by atoms with E-state index in [0.717, 1.165) is 6.42 Å². The third kappa shape index (κ3) is 45.1. The average molecular weight is 216 g/mol. The Morgan fingerprint density at radius 3 is 1.38 bits per heavy atom. The van der Waals surface area contributed by atoms with Crippen molar-refractivity contribution in [3.63, 3.8) is 0 Å². The summed E-state index contributed by atoms with van der Waals surface area (Å²) < 4.78 is 0. The van der Waals surface area contributed by atoms with Gasteiger partial charge in [-0.3, -0.25) is 0 Å². The number of hydrogen-bond donors (Lipinski definition) is 0. The molecule has 0 nitrogen and oxygen atoms in total. The quantitative estimate of drug-likeness (QED) is 0.305. The maximum absolute atomic E-state index is 3.60.